The van der Waals surface area contributed by atoms with Gasteiger partial charge in [0.1, 0.15) is 16.9 Å². The molecule has 9 nitrogen and oxygen atoms in total. The van der Waals surface area contributed by atoms with Crippen LogP contribution in [-0.4, -0.2) is 32.2 Å². The molecule has 2 amide bonds. The fourth-order valence-electron chi connectivity index (χ4n) is 2.38. The second kappa shape index (κ2) is 7.01. The molecular weight excluding hydrogens is 342 g/mol. The van der Waals surface area contributed by atoms with Crippen LogP contribution >= 0.6 is 11.5 Å². The highest BCUT2D eigenvalue weighted by Crippen LogP contribution is 2.34. The van der Waals surface area contributed by atoms with Crippen molar-refractivity contribution < 1.29 is 9.59 Å². The van der Waals surface area contributed by atoms with E-state index in [0.29, 0.717) is 23.2 Å². The van der Waals surface area contributed by atoms with Gasteiger partial charge in [-0.2, -0.15) is 4.37 Å². The second-order valence-electron chi connectivity index (χ2n) is 6.05. The molecule has 10 heteroatoms. The van der Waals surface area contributed by atoms with Crippen molar-refractivity contribution in [1.29, 1.82) is 0 Å². The quantitative estimate of drug-likeness (QED) is 0.551. The Bertz CT molecular complexity index is 803. The van der Waals surface area contributed by atoms with Crippen LogP contribution < -0.4 is 22.1 Å². The van der Waals surface area contributed by atoms with Crippen molar-refractivity contribution in [2.24, 2.45) is 17.4 Å². The molecule has 0 radical (unpaired) electrons. The summed E-state index contributed by atoms with van der Waals surface area (Å²) in [6, 6.07) is 1.29. The molecule has 0 saturated heterocycles. The molecule has 1 unspecified atom stereocenters. The van der Waals surface area contributed by atoms with Crippen LogP contribution in [0, 0.1) is 12.8 Å². The Morgan fingerprint density at radius 3 is 2.72 bits per heavy atom. The Labute approximate surface area is 148 Å². The molecule has 0 spiro atoms. The first-order valence-corrected chi connectivity index (χ1v) is 8.62. The minimum absolute atomic E-state index is 0.00872. The third-order valence-electron chi connectivity index (χ3n) is 3.81. The number of nitrogens with two attached hydrogens (primary N) is 2. The van der Waals surface area contributed by atoms with Gasteiger partial charge in [0.05, 0.1) is 11.9 Å². The van der Waals surface area contributed by atoms with Crippen LogP contribution in [0.5, 0.6) is 0 Å². The molecule has 1 aliphatic carbocycles. The average molecular weight is 361 g/mol. The van der Waals surface area contributed by atoms with E-state index in [0.717, 1.165) is 18.5 Å². The number of rotatable bonds is 8. The van der Waals surface area contributed by atoms with Gasteiger partial charge in [-0.25, -0.2) is 9.97 Å². The summed E-state index contributed by atoms with van der Waals surface area (Å²) in [6.07, 6.45) is 4.24. The zero-order chi connectivity index (χ0) is 18.0. The van der Waals surface area contributed by atoms with Crippen LogP contribution in [0.15, 0.2) is 12.3 Å². The van der Waals surface area contributed by atoms with Crippen LogP contribution in [0.3, 0.4) is 0 Å². The van der Waals surface area contributed by atoms with Gasteiger partial charge in [-0.05, 0) is 36.9 Å². The van der Waals surface area contributed by atoms with Crippen LogP contribution in [0.2, 0.25) is 0 Å². The number of hydrogen-bond acceptors (Lipinski definition) is 8. The van der Waals surface area contributed by atoms with Crippen LogP contribution in [0.4, 0.5) is 16.6 Å². The monoisotopic (exact) mass is 361 g/mol. The lowest BCUT2D eigenvalue weighted by Crippen LogP contribution is -2.36. The lowest BCUT2D eigenvalue weighted by Gasteiger charge is -2.16. The molecule has 2 aromatic heterocycles. The van der Waals surface area contributed by atoms with Crippen molar-refractivity contribution in [3.05, 3.63) is 23.7 Å². The van der Waals surface area contributed by atoms with E-state index < -0.39 is 17.9 Å². The summed E-state index contributed by atoms with van der Waals surface area (Å²) in [5.41, 5.74) is 11.7. The average Bonchev–Trinajstić information content (AvgIpc) is 3.27. The maximum Gasteiger partial charge on any atom is 0.271 e. The molecule has 0 bridgehead atoms. The van der Waals surface area contributed by atoms with Gasteiger partial charge >= 0.3 is 0 Å². The summed E-state index contributed by atoms with van der Waals surface area (Å²) >= 11 is 1.23. The van der Waals surface area contributed by atoms with Crippen molar-refractivity contribution in [1.82, 2.24) is 14.3 Å². The van der Waals surface area contributed by atoms with Gasteiger partial charge in [0.25, 0.3) is 5.91 Å². The lowest BCUT2D eigenvalue weighted by atomic mass is 10.1. The van der Waals surface area contributed by atoms with Crippen LogP contribution in [-0.2, 0) is 4.79 Å². The second-order valence-corrected chi connectivity index (χ2v) is 6.86. The van der Waals surface area contributed by atoms with Gasteiger partial charge in [0, 0.05) is 0 Å². The Morgan fingerprint density at radius 1 is 1.40 bits per heavy atom. The molecule has 1 fully saturated rings. The minimum atomic E-state index is -0.702. The number of amides is 2. The highest BCUT2D eigenvalue weighted by Gasteiger charge is 2.28. The first-order valence-electron chi connectivity index (χ1n) is 7.85. The van der Waals surface area contributed by atoms with Crippen molar-refractivity contribution in [2.75, 3.05) is 10.6 Å². The Morgan fingerprint density at radius 2 is 2.16 bits per heavy atom. The van der Waals surface area contributed by atoms with E-state index in [-0.39, 0.29) is 11.5 Å². The maximum absolute atomic E-state index is 11.6. The number of hydrogen-bond donors (Lipinski definition) is 4. The molecule has 1 aliphatic rings. The first kappa shape index (κ1) is 17.1. The Hall–Kier alpha value is -2.75. The predicted octanol–water partition coefficient (Wildman–Crippen LogP) is 1.15. The van der Waals surface area contributed by atoms with Crippen LogP contribution in [0.1, 0.15) is 35.4 Å². The topological polar surface area (TPSA) is 149 Å². The van der Waals surface area contributed by atoms with Gasteiger partial charge in [-0.1, -0.05) is 12.8 Å². The first-order chi connectivity index (χ1) is 11.9. The molecule has 1 saturated carbocycles. The highest BCUT2D eigenvalue weighted by molar-refractivity contribution is 7.10. The van der Waals surface area contributed by atoms with E-state index in [1.165, 1.54) is 17.7 Å². The fourth-order valence-corrected chi connectivity index (χ4v) is 3.04. The number of carbonyl (C=O) groups is 2. The fraction of sp³-hybridized carbons (Fsp3) is 0.400. The largest absolute Gasteiger partial charge is 0.368 e. The third kappa shape index (κ3) is 4.41. The number of aryl methyl sites for hydroxylation is 1. The smallest absolute Gasteiger partial charge is 0.271 e. The van der Waals surface area contributed by atoms with E-state index in [2.05, 4.69) is 25.0 Å². The zero-order valence-electron chi connectivity index (χ0n) is 13.7. The predicted molar refractivity (Wildman–Crippen MR) is 94.6 cm³/mol. The molecule has 3 rings (SSSR count). The van der Waals surface area contributed by atoms with Gasteiger partial charge in [0.2, 0.25) is 5.91 Å². The van der Waals surface area contributed by atoms with Crippen LogP contribution in [0.25, 0.3) is 0 Å². The molecule has 132 valence electrons. The van der Waals surface area contributed by atoms with Crippen molar-refractivity contribution >= 4 is 40.0 Å². The van der Waals surface area contributed by atoms with E-state index in [1.807, 2.05) is 13.0 Å². The standard InChI is InChI=1S/C15H19N7O2S/c1-7-4-11(25-22-7)21-15-12(14(17)24)18-6-10(20-15)19-9(13(16)23)5-8-2-3-8/h4,6,8-9H,2-3,5H2,1H3,(H2,16,23)(H2,17,24)(H2,19,20,21). The number of nitrogens with one attached hydrogen (secondary N) is 2. The number of aromatic nitrogens is 3. The summed E-state index contributed by atoms with van der Waals surface area (Å²) < 4.78 is 4.16. The normalized spacial score (nSPS) is 14.8. The summed E-state index contributed by atoms with van der Waals surface area (Å²) in [5, 5.41) is 6.70. The van der Waals surface area contributed by atoms with E-state index in [4.69, 9.17) is 11.5 Å². The molecule has 2 aromatic rings. The highest BCUT2D eigenvalue weighted by atomic mass is 32.1. The molecule has 0 aliphatic heterocycles. The third-order valence-corrected chi connectivity index (χ3v) is 4.60. The number of primary amides is 2. The molecule has 1 atom stereocenters. The minimum Gasteiger partial charge on any atom is -0.368 e. The molecular formula is C15H19N7O2S. The van der Waals surface area contributed by atoms with E-state index in [1.54, 1.807) is 0 Å². The SMILES string of the molecule is Cc1cc(Nc2nc(NC(CC3CC3)C(N)=O)cnc2C(N)=O)sn1. The van der Waals surface area contributed by atoms with Gasteiger partial charge in [0.15, 0.2) is 11.5 Å². The number of nitrogens with zero attached hydrogens (tertiary/aromatic N) is 3. The summed E-state index contributed by atoms with van der Waals surface area (Å²) in [6.45, 7) is 1.86. The Kier molecular flexibility index (Phi) is 4.79. The summed E-state index contributed by atoms with van der Waals surface area (Å²) in [4.78, 5) is 31.6. The van der Waals surface area contributed by atoms with Crippen molar-refractivity contribution in [3.63, 3.8) is 0 Å². The van der Waals surface area contributed by atoms with Crippen molar-refractivity contribution in [3.8, 4) is 0 Å². The van der Waals surface area contributed by atoms with Gasteiger partial charge in [-0.15, -0.1) is 0 Å². The Balaban J connectivity index is 1.83. The molecule has 25 heavy (non-hydrogen) atoms. The molecule has 2 heterocycles. The van der Waals surface area contributed by atoms with Crippen molar-refractivity contribution in [2.45, 2.75) is 32.2 Å². The van der Waals surface area contributed by atoms with E-state index in [9.17, 15) is 9.59 Å². The number of anilines is 3. The zero-order valence-corrected chi connectivity index (χ0v) is 14.5. The van der Waals surface area contributed by atoms with Gasteiger partial charge < -0.3 is 22.1 Å². The molecule has 0 aromatic carbocycles. The van der Waals surface area contributed by atoms with E-state index >= 15 is 0 Å². The molecule has 6 N–H and O–H groups in total. The summed E-state index contributed by atoms with van der Waals surface area (Å²) in [7, 11) is 0. The van der Waals surface area contributed by atoms with Gasteiger partial charge in [-0.3, -0.25) is 9.59 Å². The summed E-state index contributed by atoms with van der Waals surface area (Å²) in [5.74, 6) is -0.0814. The maximum atomic E-state index is 11.6. The lowest BCUT2D eigenvalue weighted by molar-refractivity contribution is -0.118. The number of carbonyl (C=O) groups excluding carboxylic acids is 2.